The van der Waals surface area contributed by atoms with Crippen LogP contribution in [0.25, 0.3) is 0 Å². The van der Waals surface area contributed by atoms with Crippen molar-refractivity contribution in [2.24, 2.45) is 0 Å². The third-order valence-electron chi connectivity index (χ3n) is 6.04. The molecule has 2 unspecified atom stereocenters. The van der Waals surface area contributed by atoms with E-state index in [1.165, 1.54) is 57.8 Å². The fourth-order valence-electron chi connectivity index (χ4n) is 4.36. The highest BCUT2D eigenvalue weighted by molar-refractivity contribution is 7.62. The lowest BCUT2D eigenvalue weighted by Gasteiger charge is -2.35. The minimum absolute atomic E-state index is 0.0413. The van der Waals surface area contributed by atoms with Gasteiger partial charge in [-0.3, -0.25) is 4.57 Å². The van der Waals surface area contributed by atoms with Gasteiger partial charge >= 0.3 is 7.60 Å². The molecule has 1 aromatic rings. The summed E-state index contributed by atoms with van der Waals surface area (Å²) in [5.74, 6) is 0.752. The van der Waals surface area contributed by atoms with Gasteiger partial charge in [0.25, 0.3) is 0 Å². The van der Waals surface area contributed by atoms with E-state index in [1.54, 1.807) is 7.11 Å². The number of ether oxygens (including phenoxy) is 1. The van der Waals surface area contributed by atoms with Gasteiger partial charge in [0, 0.05) is 6.42 Å². The second-order valence-electron chi connectivity index (χ2n) is 8.35. The highest BCUT2D eigenvalue weighted by atomic mass is 31.2. The molecule has 0 aromatic heterocycles. The Hall–Kier alpha value is -0.830. The molecule has 3 rings (SSSR count). The van der Waals surface area contributed by atoms with Gasteiger partial charge in [-0.1, -0.05) is 70.6 Å². The van der Waals surface area contributed by atoms with Crippen molar-refractivity contribution in [1.29, 1.82) is 0 Å². The van der Waals surface area contributed by atoms with Gasteiger partial charge in [-0.05, 0) is 37.1 Å². The zero-order valence-electron chi connectivity index (χ0n) is 17.4. The Morgan fingerprint density at radius 1 is 0.750 bits per heavy atom. The first-order chi connectivity index (χ1) is 13.7. The highest BCUT2D eigenvalue weighted by Crippen LogP contribution is 2.55. The van der Waals surface area contributed by atoms with Crippen molar-refractivity contribution in [3.05, 3.63) is 24.3 Å². The first kappa shape index (κ1) is 21.9. The van der Waals surface area contributed by atoms with Gasteiger partial charge in [0.1, 0.15) is 5.75 Å². The summed E-state index contributed by atoms with van der Waals surface area (Å²) in [4.78, 5) is 0. The van der Waals surface area contributed by atoms with Crippen molar-refractivity contribution in [2.75, 3.05) is 7.11 Å². The highest BCUT2D eigenvalue weighted by Gasteiger charge is 2.39. The van der Waals surface area contributed by atoms with E-state index in [1.807, 2.05) is 24.3 Å². The molecule has 0 spiro atoms. The monoisotopic (exact) mass is 408 g/mol. The summed E-state index contributed by atoms with van der Waals surface area (Å²) in [6.07, 6.45) is 17.2. The average molecular weight is 409 g/mol. The summed E-state index contributed by atoms with van der Waals surface area (Å²) in [6.45, 7) is 0. The van der Waals surface area contributed by atoms with Gasteiger partial charge in [0.15, 0.2) is 0 Å². The predicted molar refractivity (Wildman–Crippen MR) is 115 cm³/mol. The zero-order chi connectivity index (χ0) is 19.7. The molecule has 5 heteroatoms. The van der Waals surface area contributed by atoms with Crippen molar-refractivity contribution < 1.29 is 18.3 Å². The van der Waals surface area contributed by atoms with Gasteiger partial charge in [0.2, 0.25) is 0 Å². The Balaban J connectivity index is 1.67. The van der Waals surface area contributed by atoms with Crippen LogP contribution in [0.2, 0.25) is 0 Å². The molecule has 0 radical (unpaired) electrons. The van der Waals surface area contributed by atoms with Crippen molar-refractivity contribution in [3.8, 4) is 5.75 Å². The molecular formula is C23H37O4P. The summed E-state index contributed by atoms with van der Waals surface area (Å²) >= 11 is 0. The molecule has 2 bridgehead atoms. The molecule has 2 aliphatic rings. The minimum atomic E-state index is -3.27. The summed E-state index contributed by atoms with van der Waals surface area (Å²) in [6, 6.07) is 7.31. The maximum Gasteiger partial charge on any atom is 0.361 e. The third kappa shape index (κ3) is 6.61. The second kappa shape index (κ2) is 11.4. The van der Waals surface area contributed by atoms with E-state index in [0.29, 0.717) is 5.30 Å². The molecule has 1 aromatic carbocycles. The van der Waals surface area contributed by atoms with E-state index in [0.717, 1.165) is 37.9 Å². The Morgan fingerprint density at radius 2 is 1.18 bits per heavy atom. The van der Waals surface area contributed by atoms with Crippen molar-refractivity contribution >= 4 is 12.9 Å². The fourth-order valence-corrected chi connectivity index (χ4v) is 6.33. The molecule has 1 saturated carbocycles. The standard InChI is InChI=1S/C23H37O4P/c1-25-20-15-17-23(18-16-20)28(24)26-21-13-11-9-7-5-3-2-4-6-8-10-12-14-22(19-21)27-28/h15-18,21-22H,2-14,19H2,1H3. The van der Waals surface area contributed by atoms with Crippen molar-refractivity contribution in [1.82, 2.24) is 0 Å². The van der Waals surface area contributed by atoms with Gasteiger partial charge in [-0.2, -0.15) is 0 Å². The molecule has 2 atom stereocenters. The van der Waals surface area contributed by atoms with E-state index >= 15 is 0 Å². The van der Waals surface area contributed by atoms with Crippen LogP contribution in [0, 0.1) is 0 Å². The summed E-state index contributed by atoms with van der Waals surface area (Å²) < 4.78 is 31.0. The molecule has 28 heavy (non-hydrogen) atoms. The van der Waals surface area contributed by atoms with E-state index in [2.05, 4.69) is 0 Å². The lowest BCUT2D eigenvalue weighted by atomic mass is 9.98. The van der Waals surface area contributed by atoms with Crippen LogP contribution in [0.5, 0.6) is 5.75 Å². The van der Waals surface area contributed by atoms with Crippen LogP contribution in [-0.2, 0) is 13.6 Å². The summed E-state index contributed by atoms with van der Waals surface area (Å²) in [7, 11) is -1.63. The summed E-state index contributed by atoms with van der Waals surface area (Å²) in [5.41, 5.74) is 0. The molecule has 2 fully saturated rings. The Labute approximate surface area is 170 Å². The number of hydrogen-bond acceptors (Lipinski definition) is 4. The number of methoxy groups -OCH3 is 1. The lowest BCUT2D eigenvalue weighted by Crippen LogP contribution is -2.31. The SMILES string of the molecule is COc1ccc(P2(=O)OC3CCCCCCCCCCCCCC(C3)O2)cc1. The van der Waals surface area contributed by atoms with Gasteiger partial charge < -0.3 is 13.8 Å². The Kier molecular flexibility index (Phi) is 8.89. The molecule has 1 aliphatic carbocycles. The van der Waals surface area contributed by atoms with Gasteiger partial charge in [-0.15, -0.1) is 0 Å². The van der Waals surface area contributed by atoms with E-state index in [-0.39, 0.29) is 12.2 Å². The van der Waals surface area contributed by atoms with Gasteiger partial charge in [-0.25, -0.2) is 0 Å². The topological polar surface area (TPSA) is 44.8 Å². The van der Waals surface area contributed by atoms with Crippen molar-refractivity contribution in [2.45, 2.75) is 102 Å². The van der Waals surface area contributed by atoms with Crippen LogP contribution >= 0.6 is 7.60 Å². The maximum absolute atomic E-state index is 13.6. The van der Waals surface area contributed by atoms with Crippen LogP contribution < -0.4 is 10.0 Å². The number of hydrogen-bond donors (Lipinski definition) is 0. The normalized spacial score (nSPS) is 31.2. The van der Waals surface area contributed by atoms with Crippen molar-refractivity contribution in [3.63, 3.8) is 0 Å². The molecule has 1 saturated heterocycles. The van der Waals surface area contributed by atoms with Crippen LogP contribution in [0.3, 0.4) is 0 Å². The molecule has 0 amide bonds. The van der Waals surface area contributed by atoms with E-state index in [4.69, 9.17) is 13.8 Å². The van der Waals surface area contributed by atoms with Gasteiger partial charge in [0.05, 0.1) is 24.6 Å². The first-order valence-electron chi connectivity index (χ1n) is 11.3. The lowest BCUT2D eigenvalue weighted by molar-refractivity contribution is 0.0266. The number of rotatable bonds is 2. The first-order valence-corrected chi connectivity index (χ1v) is 12.9. The fraction of sp³-hybridized carbons (Fsp3) is 0.739. The zero-order valence-corrected chi connectivity index (χ0v) is 18.3. The van der Waals surface area contributed by atoms with Crippen LogP contribution in [-0.4, -0.2) is 19.3 Å². The molecule has 1 aliphatic heterocycles. The minimum Gasteiger partial charge on any atom is -0.497 e. The molecule has 1 heterocycles. The Morgan fingerprint density at radius 3 is 1.61 bits per heavy atom. The quantitative estimate of drug-likeness (QED) is 0.506. The maximum atomic E-state index is 13.6. The molecular weight excluding hydrogens is 371 g/mol. The molecule has 4 nitrogen and oxygen atoms in total. The van der Waals surface area contributed by atoms with E-state index in [9.17, 15) is 4.57 Å². The average Bonchev–Trinajstić information content (AvgIpc) is 2.70. The van der Waals surface area contributed by atoms with Crippen LogP contribution in [0.15, 0.2) is 24.3 Å². The van der Waals surface area contributed by atoms with Crippen LogP contribution in [0.1, 0.15) is 89.9 Å². The molecule has 158 valence electrons. The van der Waals surface area contributed by atoms with E-state index < -0.39 is 7.60 Å². The largest absolute Gasteiger partial charge is 0.497 e. The third-order valence-corrected chi connectivity index (χ3v) is 8.12. The number of fused-ring (bicyclic) bond motifs is 2. The second-order valence-corrected chi connectivity index (χ2v) is 10.3. The smallest absolute Gasteiger partial charge is 0.361 e. The summed E-state index contributed by atoms with van der Waals surface area (Å²) in [5, 5.41) is 0.650. The van der Waals surface area contributed by atoms with Crippen LogP contribution in [0.4, 0.5) is 0 Å². The molecule has 0 N–H and O–H groups in total. The predicted octanol–water partition coefficient (Wildman–Crippen LogP) is 6.77. The number of benzene rings is 1. The Bertz CT molecular complexity index is 590.